The summed E-state index contributed by atoms with van der Waals surface area (Å²) >= 11 is 2.49. The van der Waals surface area contributed by atoms with Crippen LogP contribution in [0.5, 0.6) is 11.6 Å². The number of aromatic nitrogens is 2. The summed E-state index contributed by atoms with van der Waals surface area (Å²) in [6.45, 7) is 7.99. The van der Waals surface area contributed by atoms with Crippen molar-refractivity contribution in [1.29, 1.82) is 5.26 Å². The number of benzene rings is 5. The molecule has 450 valence electrons. The van der Waals surface area contributed by atoms with Crippen LogP contribution >= 0.6 is 23.5 Å². The van der Waals surface area contributed by atoms with Gasteiger partial charge in [0.25, 0.3) is 40.5 Å². The molecule has 7 aromatic rings. The lowest BCUT2D eigenvalue weighted by Crippen LogP contribution is -2.08. The van der Waals surface area contributed by atoms with Crippen LogP contribution in [-0.2, 0) is 51.1 Å². The van der Waals surface area contributed by atoms with Crippen molar-refractivity contribution in [1.82, 2.24) is 9.38 Å². The predicted octanol–water partition coefficient (Wildman–Crippen LogP) is 11.9. The van der Waals surface area contributed by atoms with Crippen LogP contribution in [0.15, 0.2) is 134 Å². The van der Waals surface area contributed by atoms with Crippen molar-refractivity contribution in [3.63, 3.8) is 0 Å². The van der Waals surface area contributed by atoms with E-state index in [0.29, 0.717) is 60.7 Å². The van der Waals surface area contributed by atoms with Gasteiger partial charge in [-0.1, -0.05) is 18.2 Å². The number of ether oxygens (including phenoxy) is 1. The first-order chi connectivity index (χ1) is 39.8. The van der Waals surface area contributed by atoms with E-state index in [1.807, 2.05) is 31.2 Å². The van der Waals surface area contributed by atoms with Gasteiger partial charge in [0.1, 0.15) is 23.1 Å². The molecule has 35 heteroatoms. The molecule has 0 aliphatic rings. The molecule has 0 amide bonds. The van der Waals surface area contributed by atoms with Crippen molar-refractivity contribution in [3.05, 3.63) is 112 Å². The number of aryl methyl sites for hydroxylation is 4. The number of thioether (sulfide) groups is 2. The van der Waals surface area contributed by atoms with E-state index in [2.05, 4.69) is 45.9 Å². The summed E-state index contributed by atoms with van der Waals surface area (Å²) < 4.78 is 164. The number of hydrogen-bond donors (Lipinski definition) is 5. The highest BCUT2D eigenvalue weighted by Gasteiger charge is 2.24. The molecule has 5 N–H and O–H groups in total. The fraction of sp³-hybridized carbons (Fsp3) is 0.280. The molecule has 0 atom stereocenters. The van der Waals surface area contributed by atoms with E-state index in [1.165, 1.54) is 60.0 Å². The summed E-state index contributed by atoms with van der Waals surface area (Å²) in [4.78, 5) is 5.02. The van der Waals surface area contributed by atoms with Gasteiger partial charge in [0, 0.05) is 21.4 Å². The lowest BCUT2D eigenvalue weighted by molar-refractivity contribution is 0.317. The molecular weight excluding hydrogens is 1250 g/mol. The van der Waals surface area contributed by atoms with E-state index < -0.39 is 79.1 Å². The Kier molecular flexibility index (Phi) is 22.4. The third-order valence-corrected chi connectivity index (χ3v) is 17.3. The van der Waals surface area contributed by atoms with Gasteiger partial charge in [-0.2, -0.15) is 59.4 Å². The minimum absolute atomic E-state index is 0.000670. The fourth-order valence-electron chi connectivity index (χ4n) is 7.80. The van der Waals surface area contributed by atoms with Crippen LogP contribution in [0.2, 0.25) is 0 Å². The molecule has 0 aliphatic carbocycles. The highest BCUT2D eigenvalue weighted by atomic mass is 32.2. The molecule has 7 rings (SSSR count). The van der Waals surface area contributed by atoms with Crippen LogP contribution in [0.4, 0.5) is 45.5 Å². The van der Waals surface area contributed by atoms with Crippen molar-refractivity contribution >= 4 is 137 Å². The maximum Gasteiger partial charge on any atom is 0.425 e. The second-order valence-electron chi connectivity index (χ2n) is 18.3. The maximum atomic E-state index is 12.0. The number of imidazole rings is 1. The Morgan fingerprint density at radius 3 is 1.54 bits per heavy atom. The normalized spacial score (nSPS) is 12.5. The number of hydrogen-bond acceptors (Lipinski definition) is 25. The average molecular weight is 1300 g/mol. The lowest BCUT2D eigenvalue weighted by atomic mass is 10.1. The summed E-state index contributed by atoms with van der Waals surface area (Å²) in [5.41, 5.74) is 4.69. The van der Waals surface area contributed by atoms with E-state index in [-0.39, 0.29) is 87.8 Å². The Hall–Kier alpha value is -7.50. The number of nitriles is 1. The molecule has 0 aliphatic heterocycles. The van der Waals surface area contributed by atoms with Crippen molar-refractivity contribution in [2.24, 2.45) is 40.9 Å². The predicted molar refractivity (Wildman–Crippen MR) is 315 cm³/mol. The minimum Gasteiger partial charge on any atom is -0.493 e. The molecule has 0 radical (unpaired) electrons. The molecule has 28 nitrogen and oxygen atoms in total. The largest absolute Gasteiger partial charge is 0.493 e. The molecule has 2 aromatic heterocycles. The van der Waals surface area contributed by atoms with E-state index in [0.717, 1.165) is 6.07 Å². The average Bonchev–Trinajstić information content (AvgIpc) is 1.74. The Balaban J connectivity index is 0.00000280. The van der Waals surface area contributed by atoms with Crippen molar-refractivity contribution in [2.75, 3.05) is 35.4 Å². The minimum atomic E-state index is -4.65. The number of azo groups is 4. The van der Waals surface area contributed by atoms with Crippen LogP contribution < -0.4 is 4.74 Å². The van der Waals surface area contributed by atoms with E-state index in [9.17, 15) is 62.3 Å². The first-order valence-electron chi connectivity index (χ1n) is 24.5. The fourth-order valence-corrected chi connectivity index (χ4v) is 12.2. The van der Waals surface area contributed by atoms with Crippen molar-refractivity contribution in [2.45, 2.75) is 68.6 Å². The van der Waals surface area contributed by atoms with Gasteiger partial charge in [0.15, 0.2) is 11.3 Å². The van der Waals surface area contributed by atoms with Crippen molar-refractivity contribution < 1.29 is 74.4 Å². The topological polar surface area (TPSA) is 438 Å². The molecular formula is C50H51N11O17S7. The van der Waals surface area contributed by atoms with E-state index in [4.69, 9.17) is 17.4 Å². The SMILES string of the molecule is Cc1cc(N=Nc2cc(SCCCS(=O)(=O)O)c(N=Nc3cc(OCCCS(=O)(=O)O)c(N=Nc4c(C)c(C#N)c5nc6cc(S(=O)(=O)O)cc(C)c6n5c4O)cc3C)cc2C)c(SCCCS(=O)(=O)O)cc1N=Nc1ccccc1.O=S(=O)=O. The number of pyridine rings is 1. The Bertz CT molecular complexity index is 4480. The number of nitrogens with zero attached hydrogens (tertiary/aromatic N) is 11. The zero-order valence-electron chi connectivity index (χ0n) is 45.3. The van der Waals surface area contributed by atoms with Gasteiger partial charge in [-0.3, -0.25) is 22.6 Å². The molecule has 0 saturated carbocycles. The summed E-state index contributed by atoms with van der Waals surface area (Å²) in [6.07, 6.45) is 0.0393. The Labute approximate surface area is 497 Å². The second kappa shape index (κ2) is 28.6. The Morgan fingerprint density at radius 1 is 0.588 bits per heavy atom. The van der Waals surface area contributed by atoms with Crippen LogP contribution in [0.3, 0.4) is 0 Å². The summed E-state index contributed by atoms with van der Waals surface area (Å²) in [7, 11) is -20.6. The quantitative estimate of drug-likeness (QED) is 0.0162. The smallest absolute Gasteiger partial charge is 0.425 e. The third-order valence-electron chi connectivity index (χ3n) is 11.8. The molecule has 0 fully saturated rings. The number of aromatic hydroxyl groups is 1. The summed E-state index contributed by atoms with van der Waals surface area (Å²) in [5.74, 6) is -1.62. The van der Waals surface area contributed by atoms with Gasteiger partial charge in [-0.15, -0.1) is 56.6 Å². The number of rotatable bonds is 24. The van der Waals surface area contributed by atoms with E-state index in [1.54, 1.807) is 50.2 Å². The van der Waals surface area contributed by atoms with Gasteiger partial charge < -0.3 is 9.84 Å². The highest BCUT2D eigenvalue weighted by molar-refractivity contribution is 7.99. The number of fused-ring (bicyclic) bond motifs is 3. The summed E-state index contributed by atoms with van der Waals surface area (Å²) in [5, 5.41) is 57.7. The van der Waals surface area contributed by atoms with Gasteiger partial charge in [0.2, 0.25) is 5.88 Å². The van der Waals surface area contributed by atoms with Gasteiger partial charge in [-0.25, -0.2) is 4.98 Å². The van der Waals surface area contributed by atoms with Gasteiger partial charge in [0.05, 0.1) is 73.9 Å². The van der Waals surface area contributed by atoms with Crippen LogP contribution in [0.1, 0.15) is 52.6 Å². The second-order valence-corrected chi connectivity index (χ2v) is 27.1. The lowest BCUT2D eigenvalue weighted by Gasteiger charge is -2.12. The molecule has 2 heterocycles. The molecule has 0 unspecified atom stereocenters. The van der Waals surface area contributed by atoms with Crippen LogP contribution in [0, 0.1) is 45.9 Å². The van der Waals surface area contributed by atoms with E-state index >= 15 is 0 Å². The van der Waals surface area contributed by atoms with Gasteiger partial charge in [-0.05, 0) is 142 Å². The highest BCUT2D eigenvalue weighted by Crippen LogP contribution is 2.44. The van der Waals surface area contributed by atoms with Crippen LogP contribution in [-0.4, -0.2) is 114 Å². The van der Waals surface area contributed by atoms with Gasteiger partial charge >= 0.3 is 10.6 Å². The monoisotopic (exact) mass is 1300 g/mol. The van der Waals surface area contributed by atoms with Crippen LogP contribution in [0.25, 0.3) is 16.7 Å². The standard InChI is InChI=1S/C50H51N11O14S6.O3S/c1-29-21-40(57-60-47-33(5)36(28-51)49-52-43-24-35(81(72,73)74)20-32(4)48(43)61(49)50(47)62)44(75-14-9-17-78(63,64)65)25-37(29)55-58-41-23-31(3)39(27-46(41)77-16-11-19-80(69,70)71)56-59-42-22-30(2)38(54-53-34-12-7-6-8-13-34)26-45(42)76-15-10-18-79(66,67)68;1-4(2)3/h6-8,12-13,20-27,62H,9-11,14-19H2,1-5H3,(H,63,64,65)(H,66,67,68)(H,69,70,71)(H,72,73,74);. The molecule has 85 heavy (non-hydrogen) atoms. The molecule has 0 spiro atoms. The first kappa shape index (κ1) is 66.6. The first-order valence-corrected chi connectivity index (χ1v) is 33.8. The molecule has 5 aromatic carbocycles. The Morgan fingerprint density at radius 2 is 1.05 bits per heavy atom. The zero-order valence-corrected chi connectivity index (χ0v) is 51.0. The summed E-state index contributed by atoms with van der Waals surface area (Å²) in [6, 6.07) is 23.2. The zero-order chi connectivity index (χ0) is 62.6. The molecule has 0 bridgehead atoms. The maximum absolute atomic E-state index is 12.0. The van der Waals surface area contributed by atoms with Crippen molar-refractivity contribution in [3.8, 4) is 17.7 Å². The molecule has 0 saturated heterocycles. The third kappa shape index (κ3) is 19.3.